The third-order valence-electron chi connectivity index (χ3n) is 4.16. The Morgan fingerprint density at radius 1 is 0.917 bits per heavy atom. The standard InChI is InChI=1S/C18H38O4S.Na/c1-14(11-17(3,4)5)9-10-16(13-22-23(19,20)21)15(2)12-18(6,7)8;/h14-16H,9-13H2,1-8H3,(H,19,20,21);/q;+1/p-1. The zero-order chi connectivity index (χ0) is 18.5. The van der Waals surface area contributed by atoms with E-state index < -0.39 is 10.4 Å². The number of hydrogen-bond acceptors (Lipinski definition) is 4. The molecule has 0 amide bonds. The van der Waals surface area contributed by atoms with Crippen molar-refractivity contribution in [1.29, 1.82) is 0 Å². The van der Waals surface area contributed by atoms with Gasteiger partial charge in [0.1, 0.15) is 0 Å². The second kappa shape index (κ2) is 10.9. The Balaban J connectivity index is 0. The van der Waals surface area contributed by atoms with Crippen molar-refractivity contribution >= 4 is 10.4 Å². The second-order valence-electron chi connectivity index (χ2n) is 9.64. The van der Waals surface area contributed by atoms with Crippen molar-refractivity contribution in [2.45, 2.75) is 81.1 Å². The first kappa shape index (κ1) is 27.1. The maximum absolute atomic E-state index is 10.8. The van der Waals surface area contributed by atoms with E-state index in [2.05, 4.69) is 59.6 Å². The SMILES string of the molecule is CC(CCC(COS(=O)(=O)[O-])C(C)CC(C)(C)C)CC(C)(C)C.[Na+]. The summed E-state index contributed by atoms with van der Waals surface area (Å²) >= 11 is 0. The molecule has 0 N–H and O–H groups in total. The fraction of sp³-hybridized carbons (Fsp3) is 1.00. The van der Waals surface area contributed by atoms with E-state index in [4.69, 9.17) is 0 Å². The van der Waals surface area contributed by atoms with E-state index in [1.807, 2.05) is 0 Å². The van der Waals surface area contributed by atoms with Crippen LogP contribution in [0.25, 0.3) is 0 Å². The van der Waals surface area contributed by atoms with Crippen molar-refractivity contribution in [2.24, 2.45) is 28.6 Å². The zero-order valence-corrected chi connectivity index (χ0v) is 20.1. The maximum Gasteiger partial charge on any atom is 1.00 e. The fourth-order valence-corrected chi connectivity index (χ4v) is 3.82. The van der Waals surface area contributed by atoms with Crippen molar-refractivity contribution < 1.29 is 46.7 Å². The van der Waals surface area contributed by atoms with Crippen LogP contribution in [-0.2, 0) is 14.6 Å². The van der Waals surface area contributed by atoms with Gasteiger partial charge in [-0.2, -0.15) is 0 Å². The molecule has 0 aliphatic carbocycles. The first-order valence-electron chi connectivity index (χ1n) is 8.69. The first-order chi connectivity index (χ1) is 10.1. The number of hydrogen-bond donors (Lipinski definition) is 0. The average Bonchev–Trinajstić information content (AvgIpc) is 2.21. The molecule has 0 aliphatic heterocycles. The van der Waals surface area contributed by atoms with Crippen LogP contribution in [0, 0.1) is 28.6 Å². The second-order valence-corrected chi connectivity index (χ2v) is 10.7. The van der Waals surface area contributed by atoms with Crippen LogP contribution in [0.5, 0.6) is 0 Å². The Morgan fingerprint density at radius 2 is 1.38 bits per heavy atom. The van der Waals surface area contributed by atoms with Crippen molar-refractivity contribution in [3.05, 3.63) is 0 Å². The summed E-state index contributed by atoms with van der Waals surface area (Å²) in [4.78, 5) is 0. The van der Waals surface area contributed by atoms with E-state index in [1.165, 1.54) is 0 Å². The summed E-state index contributed by atoms with van der Waals surface area (Å²) in [6, 6.07) is 0. The largest absolute Gasteiger partial charge is 1.00 e. The van der Waals surface area contributed by atoms with E-state index in [0.717, 1.165) is 25.7 Å². The summed E-state index contributed by atoms with van der Waals surface area (Å²) in [5, 5.41) is 0. The molecule has 0 saturated heterocycles. The van der Waals surface area contributed by atoms with Crippen LogP contribution in [0.1, 0.15) is 81.1 Å². The summed E-state index contributed by atoms with van der Waals surface area (Å²) < 4.78 is 37.0. The van der Waals surface area contributed by atoms with Crippen LogP contribution in [0.15, 0.2) is 0 Å². The van der Waals surface area contributed by atoms with E-state index in [0.29, 0.717) is 17.3 Å². The van der Waals surface area contributed by atoms with Crippen LogP contribution in [0.4, 0.5) is 0 Å². The minimum Gasteiger partial charge on any atom is -0.726 e. The van der Waals surface area contributed by atoms with E-state index in [9.17, 15) is 13.0 Å². The van der Waals surface area contributed by atoms with Crippen LogP contribution in [0.3, 0.4) is 0 Å². The van der Waals surface area contributed by atoms with Gasteiger partial charge in [-0.15, -0.1) is 0 Å². The topological polar surface area (TPSA) is 66.4 Å². The van der Waals surface area contributed by atoms with Gasteiger partial charge in [0, 0.05) is 0 Å². The molecule has 0 aromatic rings. The molecule has 0 aromatic carbocycles. The third kappa shape index (κ3) is 16.3. The Hall–Kier alpha value is 0.870. The monoisotopic (exact) mass is 372 g/mol. The molecular weight excluding hydrogens is 335 g/mol. The van der Waals surface area contributed by atoms with Gasteiger partial charge in [-0.1, -0.05) is 61.8 Å². The minimum absolute atomic E-state index is 0. The van der Waals surface area contributed by atoms with Crippen LogP contribution in [0.2, 0.25) is 0 Å². The average molecular weight is 373 g/mol. The van der Waals surface area contributed by atoms with E-state index >= 15 is 0 Å². The summed E-state index contributed by atoms with van der Waals surface area (Å²) in [6.45, 7) is 17.6. The van der Waals surface area contributed by atoms with Gasteiger partial charge in [-0.25, -0.2) is 8.42 Å². The normalized spacial score (nSPS) is 17.0. The zero-order valence-electron chi connectivity index (χ0n) is 17.3. The molecule has 0 aromatic heterocycles. The Kier molecular flexibility index (Phi) is 12.3. The van der Waals surface area contributed by atoms with Gasteiger partial charge >= 0.3 is 29.6 Å². The van der Waals surface area contributed by atoms with Gasteiger partial charge in [-0.3, -0.25) is 4.18 Å². The van der Waals surface area contributed by atoms with Gasteiger partial charge < -0.3 is 4.55 Å². The molecule has 0 radical (unpaired) electrons. The van der Waals surface area contributed by atoms with Gasteiger partial charge in [0.25, 0.3) is 0 Å². The Bertz CT molecular complexity index is 435. The smallest absolute Gasteiger partial charge is 0.726 e. The van der Waals surface area contributed by atoms with Crippen molar-refractivity contribution in [2.75, 3.05) is 6.61 Å². The van der Waals surface area contributed by atoms with E-state index in [1.54, 1.807) is 0 Å². The molecule has 140 valence electrons. The van der Waals surface area contributed by atoms with Crippen LogP contribution in [-0.4, -0.2) is 19.6 Å². The van der Waals surface area contributed by atoms with Gasteiger partial charge in [0.15, 0.2) is 0 Å². The third-order valence-corrected chi connectivity index (χ3v) is 4.58. The minimum atomic E-state index is -4.61. The molecule has 3 unspecified atom stereocenters. The first-order valence-corrected chi connectivity index (χ1v) is 10.0. The molecule has 3 atom stereocenters. The molecule has 0 aliphatic rings. The Labute approximate surface area is 172 Å². The summed E-state index contributed by atoms with van der Waals surface area (Å²) in [5.41, 5.74) is 0.464. The molecule has 0 rings (SSSR count). The molecule has 0 bridgehead atoms. The number of rotatable bonds is 9. The maximum atomic E-state index is 10.8. The molecule has 0 fully saturated rings. The van der Waals surface area contributed by atoms with Crippen molar-refractivity contribution in [3.8, 4) is 0 Å². The summed E-state index contributed by atoms with van der Waals surface area (Å²) in [5.74, 6) is 0.988. The van der Waals surface area contributed by atoms with Crippen LogP contribution < -0.4 is 29.6 Å². The predicted molar refractivity (Wildman–Crippen MR) is 94.8 cm³/mol. The molecule has 0 spiro atoms. The molecule has 4 nitrogen and oxygen atoms in total. The molecule has 6 heteroatoms. The molecule has 0 heterocycles. The van der Waals surface area contributed by atoms with Gasteiger partial charge in [-0.05, 0) is 47.8 Å². The van der Waals surface area contributed by atoms with Crippen LogP contribution >= 0.6 is 0 Å². The van der Waals surface area contributed by atoms with Crippen molar-refractivity contribution in [1.82, 2.24) is 0 Å². The predicted octanol–water partition coefficient (Wildman–Crippen LogP) is 2.01. The van der Waals surface area contributed by atoms with Gasteiger partial charge in [0.05, 0.1) is 6.61 Å². The van der Waals surface area contributed by atoms with E-state index in [-0.39, 0.29) is 47.5 Å². The van der Waals surface area contributed by atoms with Gasteiger partial charge in [0.2, 0.25) is 10.4 Å². The molecular formula is C18H37NaO4S. The quantitative estimate of drug-likeness (QED) is 0.353. The van der Waals surface area contributed by atoms with Crippen molar-refractivity contribution in [3.63, 3.8) is 0 Å². The summed E-state index contributed by atoms with van der Waals surface area (Å²) in [7, 11) is -4.61. The molecule has 24 heavy (non-hydrogen) atoms. The fourth-order valence-electron chi connectivity index (χ4n) is 3.48. The molecule has 0 saturated carbocycles. The summed E-state index contributed by atoms with van der Waals surface area (Å²) in [6.07, 6.45) is 4.03. The Morgan fingerprint density at radius 3 is 1.75 bits per heavy atom.